The van der Waals surface area contributed by atoms with Crippen LogP contribution in [0.15, 0.2) is 12.4 Å². The molecule has 1 saturated heterocycles. The van der Waals surface area contributed by atoms with Gasteiger partial charge < -0.3 is 16.0 Å². The third-order valence-corrected chi connectivity index (χ3v) is 2.80. The van der Waals surface area contributed by atoms with Crippen LogP contribution in [0.5, 0.6) is 0 Å². The van der Waals surface area contributed by atoms with Crippen LogP contribution in [0.1, 0.15) is 23.3 Å². The second-order valence-electron chi connectivity index (χ2n) is 4.06. The number of hydrogen-bond donors (Lipinski definition) is 2. The van der Waals surface area contributed by atoms with Crippen molar-refractivity contribution in [1.29, 1.82) is 0 Å². The van der Waals surface area contributed by atoms with Gasteiger partial charge in [0.2, 0.25) is 5.91 Å². The molecule has 2 rings (SSSR count). The first-order valence-electron chi connectivity index (χ1n) is 5.81. The van der Waals surface area contributed by atoms with Crippen LogP contribution in [-0.4, -0.2) is 46.3 Å². The number of carbonyl (C=O) groups excluding carboxylic acids is 2. The van der Waals surface area contributed by atoms with Crippen molar-refractivity contribution in [2.24, 2.45) is 0 Å². The Balaban J connectivity index is 1.88. The summed E-state index contributed by atoms with van der Waals surface area (Å²) < 4.78 is 0. The summed E-state index contributed by atoms with van der Waals surface area (Å²) in [6.45, 7) is 1.50. The topological polar surface area (TPSA) is 101 Å². The van der Waals surface area contributed by atoms with Crippen molar-refractivity contribution in [3.05, 3.63) is 18.1 Å². The average Bonchev–Trinajstić information content (AvgIpc) is 2.90. The average molecular weight is 249 g/mol. The number of likely N-dealkylation sites (tertiary alicyclic amines) is 1. The van der Waals surface area contributed by atoms with E-state index in [4.69, 9.17) is 5.73 Å². The van der Waals surface area contributed by atoms with Crippen LogP contribution in [0.3, 0.4) is 0 Å². The van der Waals surface area contributed by atoms with E-state index in [0.29, 0.717) is 0 Å². The lowest BCUT2D eigenvalue weighted by Crippen LogP contribution is -2.39. The number of nitrogens with two attached hydrogens (primary N) is 1. The highest BCUT2D eigenvalue weighted by molar-refractivity contribution is 5.98. The molecule has 1 fully saturated rings. The minimum Gasteiger partial charge on any atom is -0.382 e. The van der Waals surface area contributed by atoms with Crippen LogP contribution in [0.25, 0.3) is 0 Å². The molecular weight excluding hydrogens is 234 g/mol. The Kier molecular flexibility index (Phi) is 3.71. The van der Waals surface area contributed by atoms with Gasteiger partial charge in [-0.3, -0.25) is 9.59 Å². The van der Waals surface area contributed by atoms with Crippen LogP contribution < -0.4 is 11.1 Å². The molecule has 0 saturated carbocycles. The Bertz CT molecular complexity index is 457. The molecular formula is C11H15N5O2. The van der Waals surface area contributed by atoms with E-state index < -0.39 is 5.91 Å². The van der Waals surface area contributed by atoms with E-state index in [1.807, 2.05) is 0 Å². The lowest BCUT2D eigenvalue weighted by Gasteiger charge is -2.15. The predicted octanol–water partition coefficient (Wildman–Crippen LogP) is -0.589. The molecule has 2 amide bonds. The summed E-state index contributed by atoms with van der Waals surface area (Å²) in [6, 6.07) is 0. The quantitative estimate of drug-likeness (QED) is 0.745. The van der Waals surface area contributed by atoms with Gasteiger partial charge in [0.15, 0.2) is 11.5 Å². The van der Waals surface area contributed by atoms with Crippen molar-refractivity contribution in [3.63, 3.8) is 0 Å². The van der Waals surface area contributed by atoms with Gasteiger partial charge in [0.25, 0.3) is 5.91 Å². The molecule has 0 aromatic carbocycles. The van der Waals surface area contributed by atoms with Gasteiger partial charge >= 0.3 is 0 Å². The zero-order chi connectivity index (χ0) is 13.0. The molecule has 0 spiro atoms. The van der Waals surface area contributed by atoms with Gasteiger partial charge in [-0.1, -0.05) is 0 Å². The van der Waals surface area contributed by atoms with Crippen molar-refractivity contribution < 1.29 is 9.59 Å². The van der Waals surface area contributed by atoms with E-state index in [1.165, 1.54) is 12.4 Å². The van der Waals surface area contributed by atoms with Crippen molar-refractivity contribution in [2.45, 2.75) is 12.8 Å². The Hall–Kier alpha value is -2.18. The monoisotopic (exact) mass is 249 g/mol. The highest BCUT2D eigenvalue weighted by Crippen LogP contribution is 2.07. The van der Waals surface area contributed by atoms with Crippen LogP contribution in [-0.2, 0) is 4.79 Å². The smallest absolute Gasteiger partial charge is 0.274 e. The molecule has 1 aromatic heterocycles. The van der Waals surface area contributed by atoms with Gasteiger partial charge in [-0.05, 0) is 12.8 Å². The molecule has 1 aliphatic heterocycles. The molecule has 0 bridgehead atoms. The molecule has 1 aromatic rings. The van der Waals surface area contributed by atoms with Crippen molar-refractivity contribution in [3.8, 4) is 0 Å². The maximum atomic E-state index is 11.7. The van der Waals surface area contributed by atoms with Gasteiger partial charge in [-0.25, -0.2) is 9.97 Å². The Morgan fingerprint density at radius 1 is 1.28 bits per heavy atom. The second kappa shape index (κ2) is 5.44. The summed E-state index contributed by atoms with van der Waals surface area (Å²) in [6.07, 6.45) is 4.84. The number of nitrogens with zero attached hydrogens (tertiary/aromatic N) is 3. The van der Waals surface area contributed by atoms with Gasteiger partial charge in [-0.15, -0.1) is 0 Å². The van der Waals surface area contributed by atoms with Crippen LogP contribution in [0, 0.1) is 0 Å². The lowest BCUT2D eigenvalue weighted by atomic mass is 10.3. The Morgan fingerprint density at radius 2 is 1.94 bits per heavy atom. The largest absolute Gasteiger partial charge is 0.382 e. The second-order valence-corrected chi connectivity index (χ2v) is 4.06. The summed E-state index contributed by atoms with van der Waals surface area (Å²) >= 11 is 0. The van der Waals surface area contributed by atoms with E-state index >= 15 is 0 Å². The molecule has 1 aliphatic rings. The number of hydrogen-bond acceptors (Lipinski definition) is 5. The fraction of sp³-hybridized carbons (Fsp3) is 0.455. The van der Waals surface area contributed by atoms with Crippen LogP contribution in [0.2, 0.25) is 0 Å². The minimum absolute atomic E-state index is 0.0329. The number of carbonyl (C=O) groups is 2. The number of amides is 2. The molecule has 7 heteroatoms. The molecule has 0 aliphatic carbocycles. The summed E-state index contributed by atoms with van der Waals surface area (Å²) in [5, 5.41) is 2.50. The van der Waals surface area contributed by atoms with Gasteiger partial charge in [-0.2, -0.15) is 0 Å². The van der Waals surface area contributed by atoms with E-state index in [9.17, 15) is 9.59 Å². The molecule has 3 N–H and O–H groups in total. The zero-order valence-electron chi connectivity index (χ0n) is 9.93. The summed E-state index contributed by atoms with van der Waals surface area (Å²) in [5.74, 6) is -0.500. The third-order valence-electron chi connectivity index (χ3n) is 2.80. The maximum absolute atomic E-state index is 11.7. The predicted molar refractivity (Wildman–Crippen MR) is 64.6 cm³/mol. The lowest BCUT2D eigenvalue weighted by molar-refractivity contribution is -0.129. The highest BCUT2D eigenvalue weighted by atomic mass is 16.2. The zero-order valence-corrected chi connectivity index (χ0v) is 9.93. The van der Waals surface area contributed by atoms with E-state index in [0.717, 1.165) is 25.9 Å². The normalized spacial score (nSPS) is 14.6. The molecule has 0 unspecified atom stereocenters. The van der Waals surface area contributed by atoms with E-state index in [1.54, 1.807) is 4.90 Å². The fourth-order valence-corrected chi connectivity index (χ4v) is 1.84. The summed E-state index contributed by atoms with van der Waals surface area (Å²) in [5.41, 5.74) is 5.57. The standard InChI is InChI=1S/C11H15N5O2/c12-10-9(13-3-4-14-10)11(18)15-7-8(17)16-5-1-2-6-16/h3-4H,1-2,5-7H2,(H2,12,14)(H,15,18). The fourth-order valence-electron chi connectivity index (χ4n) is 1.84. The van der Waals surface area contributed by atoms with Gasteiger partial charge in [0.05, 0.1) is 6.54 Å². The van der Waals surface area contributed by atoms with Crippen LogP contribution in [0.4, 0.5) is 5.82 Å². The summed E-state index contributed by atoms with van der Waals surface area (Å²) in [7, 11) is 0. The Labute approximate surface area is 104 Å². The van der Waals surface area contributed by atoms with Crippen molar-refractivity contribution in [2.75, 3.05) is 25.4 Å². The molecule has 96 valence electrons. The number of anilines is 1. The number of nitrogens with one attached hydrogen (secondary N) is 1. The molecule has 18 heavy (non-hydrogen) atoms. The molecule has 0 radical (unpaired) electrons. The SMILES string of the molecule is Nc1nccnc1C(=O)NCC(=O)N1CCCC1. The van der Waals surface area contributed by atoms with E-state index in [2.05, 4.69) is 15.3 Å². The maximum Gasteiger partial charge on any atom is 0.274 e. The first-order valence-corrected chi connectivity index (χ1v) is 5.81. The summed E-state index contributed by atoms with van der Waals surface area (Å²) in [4.78, 5) is 32.8. The molecule has 0 atom stereocenters. The van der Waals surface area contributed by atoms with Crippen LogP contribution >= 0.6 is 0 Å². The Morgan fingerprint density at radius 3 is 2.61 bits per heavy atom. The van der Waals surface area contributed by atoms with Gasteiger partial charge in [0.1, 0.15) is 0 Å². The minimum atomic E-state index is -0.479. The number of nitrogen functional groups attached to an aromatic ring is 1. The highest BCUT2D eigenvalue weighted by Gasteiger charge is 2.19. The van der Waals surface area contributed by atoms with Crippen molar-refractivity contribution in [1.82, 2.24) is 20.2 Å². The van der Waals surface area contributed by atoms with E-state index in [-0.39, 0.29) is 24.0 Å². The first kappa shape index (κ1) is 12.3. The third kappa shape index (κ3) is 2.73. The molecule has 7 nitrogen and oxygen atoms in total. The van der Waals surface area contributed by atoms with Crippen molar-refractivity contribution >= 4 is 17.6 Å². The first-order chi connectivity index (χ1) is 8.68. The van der Waals surface area contributed by atoms with Gasteiger partial charge in [0, 0.05) is 25.5 Å². The molecule has 2 heterocycles. The number of aromatic nitrogens is 2. The number of rotatable bonds is 3.